The van der Waals surface area contributed by atoms with Crippen LogP contribution in [0.15, 0.2) is 54.6 Å². The predicted molar refractivity (Wildman–Crippen MR) is 88.6 cm³/mol. The number of rotatable bonds is 5. The van der Waals surface area contributed by atoms with E-state index in [0.717, 1.165) is 0 Å². The van der Waals surface area contributed by atoms with Crippen LogP contribution in [-0.2, 0) is 4.74 Å². The second-order valence-electron chi connectivity index (χ2n) is 4.68. The topological polar surface area (TPSA) is 75.6 Å². The van der Waals surface area contributed by atoms with Gasteiger partial charge in [-0.05, 0) is 36.8 Å². The third kappa shape index (κ3) is 4.71. The van der Waals surface area contributed by atoms with Crippen molar-refractivity contribution in [3.05, 3.63) is 65.7 Å². The number of aromatic hydroxyl groups is 1. The molecule has 0 saturated heterocycles. The zero-order valence-electron chi connectivity index (χ0n) is 12.7. The fraction of sp³-hybridized carbons (Fsp3) is 0.111. The smallest absolute Gasteiger partial charge is 0.411 e. The van der Waals surface area contributed by atoms with Crippen LogP contribution in [0.1, 0.15) is 22.8 Å². The largest absolute Gasteiger partial charge is 0.508 e. The van der Waals surface area contributed by atoms with Gasteiger partial charge in [0.25, 0.3) is 0 Å². The molecule has 0 radical (unpaired) electrons. The van der Waals surface area contributed by atoms with E-state index in [9.17, 15) is 14.7 Å². The highest BCUT2D eigenvalue weighted by atomic mass is 16.5. The van der Waals surface area contributed by atoms with Crippen LogP contribution < -0.4 is 5.32 Å². The van der Waals surface area contributed by atoms with Crippen molar-refractivity contribution in [3.63, 3.8) is 0 Å². The molecule has 0 aromatic heterocycles. The zero-order valence-corrected chi connectivity index (χ0v) is 12.7. The van der Waals surface area contributed by atoms with E-state index in [0.29, 0.717) is 16.8 Å². The Hall–Kier alpha value is -3.08. The number of allylic oxidation sites excluding steroid dienone is 1. The lowest BCUT2D eigenvalue weighted by Gasteiger charge is -2.09. The molecule has 0 aliphatic carbocycles. The molecule has 2 N–H and O–H groups in total. The van der Waals surface area contributed by atoms with Crippen LogP contribution in [0.4, 0.5) is 10.5 Å². The Labute approximate surface area is 134 Å². The van der Waals surface area contributed by atoms with E-state index in [1.54, 1.807) is 43.3 Å². The lowest BCUT2D eigenvalue weighted by molar-refractivity contribution is 0.104. The molecule has 2 aromatic rings. The van der Waals surface area contributed by atoms with Gasteiger partial charge in [-0.3, -0.25) is 10.1 Å². The quantitative estimate of drug-likeness (QED) is 0.649. The van der Waals surface area contributed by atoms with Gasteiger partial charge in [-0.1, -0.05) is 30.3 Å². The summed E-state index contributed by atoms with van der Waals surface area (Å²) in [5.74, 6) is -0.149. The van der Waals surface area contributed by atoms with E-state index in [1.807, 2.05) is 6.07 Å². The maximum Gasteiger partial charge on any atom is 0.411 e. The summed E-state index contributed by atoms with van der Waals surface area (Å²) in [5.41, 5.74) is 1.52. The number of nitrogens with one attached hydrogen (secondary N) is 1. The second kappa shape index (κ2) is 7.79. The van der Waals surface area contributed by atoms with Crippen LogP contribution >= 0.6 is 0 Å². The fourth-order valence-corrected chi connectivity index (χ4v) is 1.94. The number of phenols is 1. The summed E-state index contributed by atoms with van der Waals surface area (Å²) in [5, 5.41) is 12.1. The van der Waals surface area contributed by atoms with Crippen LogP contribution in [0.25, 0.3) is 6.08 Å². The standard InChI is InChI=1S/C18H17NO4/c1-2-23-18(22)19-16-12-15(20)10-8-13(16)9-11-17(21)14-6-4-3-5-7-14/h3-12,20H,2H2,1H3,(H,19,22). The summed E-state index contributed by atoms with van der Waals surface area (Å²) in [6.07, 6.45) is 2.37. The summed E-state index contributed by atoms with van der Waals surface area (Å²) in [4.78, 5) is 23.6. The highest BCUT2D eigenvalue weighted by Crippen LogP contribution is 2.23. The Bertz CT molecular complexity index is 723. The van der Waals surface area contributed by atoms with Crippen LogP contribution in [0.3, 0.4) is 0 Å². The molecule has 0 bridgehead atoms. The Kier molecular flexibility index (Phi) is 5.52. The van der Waals surface area contributed by atoms with E-state index in [4.69, 9.17) is 4.74 Å². The first-order valence-corrected chi connectivity index (χ1v) is 7.14. The summed E-state index contributed by atoms with van der Waals surface area (Å²) in [6, 6.07) is 13.3. The van der Waals surface area contributed by atoms with Crippen molar-refractivity contribution in [2.45, 2.75) is 6.92 Å². The van der Waals surface area contributed by atoms with E-state index in [1.165, 1.54) is 18.2 Å². The van der Waals surface area contributed by atoms with Gasteiger partial charge in [0.2, 0.25) is 0 Å². The number of benzene rings is 2. The molecule has 0 spiro atoms. The number of hydrogen-bond acceptors (Lipinski definition) is 4. The minimum Gasteiger partial charge on any atom is -0.508 e. The summed E-state index contributed by atoms with van der Waals surface area (Å²) in [7, 11) is 0. The van der Waals surface area contributed by atoms with Gasteiger partial charge < -0.3 is 9.84 Å². The van der Waals surface area contributed by atoms with Crippen LogP contribution in [-0.4, -0.2) is 23.6 Å². The first-order valence-electron chi connectivity index (χ1n) is 7.14. The molecule has 118 valence electrons. The summed E-state index contributed by atoms with van der Waals surface area (Å²) < 4.78 is 4.81. The van der Waals surface area contributed by atoms with Crippen LogP contribution in [0.2, 0.25) is 0 Å². The molecule has 0 heterocycles. The third-order valence-corrected chi connectivity index (χ3v) is 3.02. The first kappa shape index (κ1) is 16.3. The second-order valence-corrected chi connectivity index (χ2v) is 4.68. The highest BCUT2D eigenvalue weighted by molar-refractivity contribution is 6.07. The van der Waals surface area contributed by atoms with E-state index in [-0.39, 0.29) is 18.1 Å². The molecule has 0 fully saturated rings. The number of anilines is 1. The molecule has 2 aromatic carbocycles. The minimum absolute atomic E-state index is 0.00309. The van der Waals surface area contributed by atoms with Gasteiger partial charge in [-0.2, -0.15) is 0 Å². The van der Waals surface area contributed by atoms with Gasteiger partial charge in [0.05, 0.1) is 12.3 Å². The Morgan fingerprint density at radius 2 is 1.91 bits per heavy atom. The average Bonchev–Trinajstić information content (AvgIpc) is 2.55. The number of hydrogen-bond donors (Lipinski definition) is 2. The van der Waals surface area contributed by atoms with Gasteiger partial charge in [0, 0.05) is 11.6 Å². The number of amides is 1. The van der Waals surface area contributed by atoms with Crippen molar-refractivity contribution in [2.75, 3.05) is 11.9 Å². The molecule has 0 saturated carbocycles. The van der Waals surface area contributed by atoms with Gasteiger partial charge in [0.15, 0.2) is 5.78 Å². The number of ether oxygens (including phenoxy) is 1. The third-order valence-electron chi connectivity index (χ3n) is 3.02. The molecule has 1 amide bonds. The van der Waals surface area contributed by atoms with Gasteiger partial charge in [-0.15, -0.1) is 0 Å². The maximum absolute atomic E-state index is 12.1. The van der Waals surface area contributed by atoms with Crippen LogP contribution in [0.5, 0.6) is 5.75 Å². The first-order chi connectivity index (χ1) is 11.1. The number of ketones is 1. The van der Waals surface area contributed by atoms with Crippen molar-refractivity contribution in [1.29, 1.82) is 0 Å². The van der Waals surface area contributed by atoms with Gasteiger partial charge >= 0.3 is 6.09 Å². The lowest BCUT2D eigenvalue weighted by Crippen LogP contribution is -2.14. The molecule has 5 heteroatoms. The molecular weight excluding hydrogens is 294 g/mol. The molecule has 2 rings (SSSR count). The molecular formula is C18H17NO4. The molecule has 0 unspecified atom stereocenters. The van der Waals surface area contributed by atoms with Crippen molar-refractivity contribution in [2.24, 2.45) is 0 Å². The molecule has 0 aliphatic rings. The fourth-order valence-electron chi connectivity index (χ4n) is 1.94. The number of phenolic OH excluding ortho intramolecular Hbond substituents is 1. The summed E-state index contributed by atoms with van der Waals surface area (Å²) in [6.45, 7) is 1.93. The average molecular weight is 311 g/mol. The minimum atomic E-state index is -0.623. The van der Waals surface area contributed by atoms with Gasteiger partial charge in [0.1, 0.15) is 5.75 Å². The Morgan fingerprint density at radius 1 is 1.17 bits per heavy atom. The van der Waals surface area contributed by atoms with Crippen molar-refractivity contribution < 1.29 is 19.4 Å². The SMILES string of the molecule is CCOC(=O)Nc1cc(O)ccc1C=CC(=O)c1ccccc1. The molecule has 0 aliphatic heterocycles. The number of carbonyl (C=O) groups is 2. The van der Waals surface area contributed by atoms with E-state index < -0.39 is 6.09 Å². The van der Waals surface area contributed by atoms with Crippen LogP contribution in [0, 0.1) is 0 Å². The Morgan fingerprint density at radius 3 is 2.61 bits per heavy atom. The molecule has 23 heavy (non-hydrogen) atoms. The number of carbonyl (C=O) groups excluding carboxylic acids is 2. The predicted octanol–water partition coefficient (Wildman–Crippen LogP) is 3.86. The van der Waals surface area contributed by atoms with Crippen molar-refractivity contribution in [1.82, 2.24) is 0 Å². The lowest BCUT2D eigenvalue weighted by atomic mass is 10.1. The van der Waals surface area contributed by atoms with Gasteiger partial charge in [-0.25, -0.2) is 4.79 Å². The zero-order chi connectivity index (χ0) is 16.7. The molecule has 0 atom stereocenters. The Balaban J connectivity index is 2.20. The van der Waals surface area contributed by atoms with E-state index in [2.05, 4.69) is 5.32 Å². The maximum atomic E-state index is 12.1. The summed E-state index contributed by atoms with van der Waals surface area (Å²) >= 11 is 0. The molecule has 5 nitrogen and oxygen atoms in total. The monoisotopic (exact) mass is 311 g/mol. The van der Waals surface area contributed by atoms with Crippen molar-refractivity contribution in [3.8, 4) is 5.75 Å². The normalized spacial score (nSPS) is 10.5. The van der Waals surface area contributed by atoms with Crippen molar-refractivity contribution >= 4 is 23.6 Å². The van der Waals surface area contributed by atoms with E-state index >= 15 is 0 Å². The highest BCUT2D eigenvalue weighted by Gasteiger charge is 2.07.